The summed E-state index contributed by atoms with van der Waals surface area (Å²) in [7, 11) is 2.19. The lowest BCUT2D eigenvalue weighted by Crippen LogP contribution is -2.24. The Kier molecular flexibility index (Phi) is 4.08. The smallest absolute Gasteiger partial charge is 0.0547 e. The van der Waals surface area contributed by atoms with Crippen LogP contribution in [0.15, 0.2) is 47.4 Å². The molecule has 0 N–H and O–H groups in total. The fourth-order valence-electron chi connectivity index (χ4n) is 2.79. The van der Waals surface area contributed by atoms with Gasteiger partial charge in [0.1, 0.15) is 0 Å². The lowest BCUT2D eigenvalue weighted by atomic mass is 10.0. The van der Waals surface area contributed by atoms with Crippen LogP contribution in [0.1, 0.15) is 22.9 Å². The summed E-state index contributed by atoms with van der Waals surface area (Å²) in [6, 6.07) is 15.1. The summed E-state index contributed by atoms with van der Waals surface area (Å²) in [5.74, 6) is 1.84. The fourth-order valence-corrected chi connectivity index (χ4v) is 4.03. The zero-order chi connectivity index (χ0) is 13.9. The fraction of sp³-hybridized carbons (Fsp3) is 0.353. The van der Waals surface area contributed by atoms with Crippen LogP contribution in [0.25, 0.3) is 0 Å². The molecule has 0 fully saturated rings. The van der Waals surface area contributed by atoms with Gasteiger partial charge in [0.05, 0.1) is 5.69 Å². The predicted octanol–water partition coefficient (Wildman–Crippen LogP) is 3.71. The van der Waals surface area contributed by atoms with Crippen LogP contribution in [0, 0.1) is 6.92 Å². The lowest BCUT2D eigenvalue weighted by Gasteiger charge is -2.21. The van der Waals surface area contributed by atoms with Crippen LogP contribution in [0.2, 0.25) is 0 Å². The van der Waals surface area contributed by atoms with Crippen molar-refractivity contribution in [2.45, 2.75) is 24.3 Å². The van der Waals surface area contributed by atoms with Crippen LogP contribution >= 0.6 is 11.8 Å². The van der Waals surface area contributed by atoms with E-state index in [0.29, 0.717) is 5.92 Å². The van der Waals surface area contributed by atoms with Gasteiger partial charge < -0.3 is 0 Å². The highest BCUT2D eigenvalue weighted by molar-refractivity contribution is 7.99. The van der Waals surface area contributed by atoms with Gasteiger partial charge >= 0.3 is 0 Å². The number of fused-ring (bicyclic) bond motifs is 1. The molecule has 0 saturated heterocycles. The number of hydrogen-bond donors (Lipinski definition) is 0. The average Bonchev–Trinajstić information content (AvgIpc) is 2.82. The molecule has 20 heavy (non-hydrogen) atoms. The summed E-state index contributed by atoms with van der Waals surface area (Å²) in [4.78, 5) is 8.43. The molecule has 2 aromatic rings. The Bertz CT molecular complexity index is 597. The van der Waals surface area contributed by atoms with Gasteiger partial charge in [-0.05, 0) is 37.7 Å². The first-order valence-electron chi connectivity index (χ1n) is 7.05. The Morgan fingerprint density at radius 1 is 1.20 bits per heavy atom. The number of aromatic nitrogens is 1. The molecule has 0 aliphatic carbocycles. The van der Waals surface area contributed by atoms with E-state index in [-0.39, 0.29) is 0 Å². The van der Waals surface area contributed by atoms with Gasteiger partial charge in [0.2, 0.25) is 0 Å². The van der Waals surface area contributed by atoms with E-state index in [4.69, 9.17) is 0 Å². The van der Waals surface area contributed by atoms with Crippen molar-refractivity contribution in [2.75, 3.05) is 19.3 Å². The monoisotopic (exact) mass is 284 g/mol. The van der Waals surface area contributed by atoms with Crippen molar-refractivity contribution >= 4 is 11.8 Å². The van der Waals surface area contributed by atoms with Gasteiger partial charge in [0.25, 0.3) is 0 Å². The number of aryl methyl sites for hydroxylation is 1. The molecule has 104 valence electrons. The molecule has 1 unspecified atom stereocenters. The number of likely N-dealkylation sites (N-methyl/N-ethyl adjacent to an activating group) is 1. The summed E-state index contributed by atoms with van der Waals surface area (Å²) in [5, 5.41) is 0. The minimum atomic E-state index is 0.644. The van der Waals surface area contributed by atoms with E-state index in [2.05, 4.69) is 53.3 Å². The maximum atomic E-state index is 4.59. The summed E-state index contributed by atoms with van der Waals surface area (Å²) in [5.41, 5.74) is 3.77. The van der Waals surface area contributed by atoms with Gasteiger partial charge in [0, 0.05) is 35.3 Å². The van der Waals surface area contributed by atoms with Crippen molar-refractivity contribution in [1.82, 2.24) is 9.88 Å². The maximum Gasteiger partial charge on any atom is 0.0547 e. The number of rotatable bonds is 4. The molecule has 1 aromatic heterocycles. The highest BCUT2D eigenvalue weighted by atomic mass is 32.2. The normalized spacial score (nSPS) is 17.4. The standard InChI is InChI=1S/C17H20N2S/c1-13-6-5-7-15(18-13)11-19(2)10-14-12-20-17-9-4-3-8-16(14)17/h3-9,14H,10-12H2,1-2H3. The van der Waals surface area contributed by atoms with Gasteiger partial charge in [-0.15, -0.1) is 11.8 Å². The van der Waals surface area contributed by atoms with Crippen LogP contribution < -0.4 is 0 Å². The lowest BCUT2D eigenvalue weighted by molar-refractivity contribution is 0.307. The number of benzene rings is 1. The first kappa shape index (κ1) is 13.7. The Morgan fingerprint density at radius 2 is 2.05 bits per heavy atom. The zero-order valence-corrected chi connectivity index (χ0v) is 12.9. The molecule has 1 aliphatic heterocycles. The van der Waals surface area contributed by atoms with Gasteiger partial charge in [0.15, 0.2) is 0 Å². The second-order valence-corrected chi connectivity index (χ2v) is 6.57. The first-order chi connectivity index (χ1) is 9.72. The van der Waals surface area contributed by atoms with E-state index in [9.17, 15) is 0 Å². The molecular weight excluding hydrogens is 264 g/mol. The van der Waals surface area contributed by atoms with Crippen LogP contribution in [0.5, 0.6) is 0 Å². The highest BCUT2D eigenvalue weighted by Gasteiger charge is 2.23. The van der Waals surface area contributed by atoms with E-state index in [1.807, 2.05) is 24.8 Å². The van der Waals surface area contributed by atoms with Gasteiger partial charge in [-0.3, -0.25) is 9.88 Å². The largest absolute Gasteiger partial charge is 0.300 e. The number of nitrogens with zero attached hydrogens (tertiary/aromatic N) is 2. The van der Waals surface area contributed by atoms with Crippen LogP contribution in [-0.2, 0) is 6.54 Å². The summed E-state index contributed by atoms with van der Waals surface area (Å²) in [6.45, 7) is 4.07. The average molecular weight is 284 g/mol. The molecular formula is C17H20N2S. The Labute approximate surface area is 125 Å². The first-order valence-corrected chi connectivity index (χ1v) is 8.04. The molecule has 1 atom stereocenters. The second-order valence-electron chi connectivity index (χ2n) is 5.51. The van der Waals surface area contributed by atoms with Gasteiger partial charge in [-0.1, -0.05) is 24.3 Å². The zero-order valence-electron chi connectivity index (χ0n) is 12.0. The van der Waals surface area contributed by atoms with E-state index < -0.39 is 0 Å². The molecule has 3 rings (SSSR count). The molecule has 0 bridgehead atoms. The molecule has 0 amide bonds. The minimum Gasteiger partial charge on any atom is -0.300 e. The van der Waals surface area contributed by atoms with Crippen molar-refractivity contribution in [2.24, 2.45) is 0 Å². The topological polar surface area (TPSA) is 16.1 Å². The maximum absolute atomic E-state index is 4.59. The van der Waals surface area contributed by atoms with Crippen LogP contribution in [0.3, 0.4) is 0 Å². The quantitative estimate of drug-likeness (QED) is 0.851. The Morgan fingerprint density at radius 3 is 2.90 bits per heavy atom. The van der Waals surface area contributed by atoms with Gasteiger partial charge in [-0.25, -0.2) is 0 Å². The number of hydrogen-bond acceptors (Lipinski definition) is 3. The third-order valence-corrected chi connectivity index (χ3v) is 4.96. The van der Waals surface area contributed by atoms with E-state index in [1.165, 1.54) is 16.2 Å². The second kappa shape index (κ2) is 5.98. The van der Waals surface area contributed by atoms with Crippen molar-refractivity contribution in [3.8, 4) is 0 Å². The highest BCUT2D eigenvalue weighted by Crippen LogP contribution is 2.39. The van der Waals surface area contributed by atoms with Crippen molar-refractivity contribution in [1.29, 1.82) is 0 Å². The van der Waals surface area contributed by atoms with Crippen molar-refractivity contribution in [3.05, 3.63) is 59.4 Å². The Balaban J connectivity index is 1.64. The summed E-state index contributed by atoms with van der Waals surface area (Å²) in [6.07, 6.45) is 0. The Hall–Kier alpha value is -1.32. The van der Waals surface area contributed by atoms with Crippen molar-refractivity contribution < 1.29 is 0 Å². The van der Waals surface area contributed by atoms with Crippen molar-refractivity contribution in [3.63, 3.8) is 0 Å². The number of pyridine rings is 1. The molecule has 0 radical (unpaired) electrons. The van der Waals surface area contributed by atoms with E-state index in [0.717, 1.165) is 24.5 Å². The summed E-state index contributed by atoms with van der Waals surface area (Å²) >= 11 is 1.98. The SMILES string of the molecule is Cc1cccc(CN(C)CC2CSc3ccccc32)n1. The molecule has 0 spiro atoms. The predicted molar refractivity (Wildman–Crippen MR) is 85.2 cm³/mol. The molecule has 3 heteroatoms. The molecule has 2 heterocycles. The third kappa shape index (κ3) is 3.05. The van der Waals surface area contributed by atoms with E-state index >= 15 is 0 Å². The number of thioether (sulfide) groups is 1. The minimum absolute atomic E-state index is 0.644. The van der Waals surface area contributed by atoms with Gasteiger partial charge in [-0.2, -0.15) is 0 Å². The molecule has 1 aromatic carbocycles. The van der Waals surface area contributed by atoms with Crippen LogP contribution in [0.4, 0.5) is 0 Å². The van der Waals surface area contributed by atoms with E-state index in [1.54, 1.807) is 0 Å². The van der Waals surface area contributed by atoms with Crippen LogP contribution in [-0.4, -0.2) is 29.2 Å². The third-order valence-electron chi connectivity index (χ3n) is 3.71. The molecule has 0 saturated carbocycles. The molecule has 1 aliphatic rings. The molecule has 2 nitrogen and oxygen atoms in total. The summed E-state index contributed by atoms with van der Waals surface area (Å²) < 4.78 is 0.